The average Bonchev–Trinajstić information content (AvgIpc) is 2.97. The lowest BCUT2D eigenvalue weighted by atomic mass is 9.97. The fraction of sp³-hybridized carbons (Fsp3) is 0.0286. The predicted octanol–water partition coefficient (Wildman–Crippen LogP) is 9.25. The van der Waals surface area contributed by atoms with Gasteiger partial charge in [-0.15, -0.1) is 0 Å². The van der Waals surface area contributed by atoms with Crippen molar-refractivity contribution in [3.05, 3.63) is 133 Å². The molecule has 37 heavy (non-hydrogen) atoms. The molecule has 0 saturated carbocycles. The van der Waals surface area contributed by atoms with Crippen molar-refractivity contribution in [1.29, 1.82) is 0 Å². The zero-order valence-electron chi connectivity index (χ0n) is 20.5. The van der Waals surface area contributed by atoms with E-state index in [-0.39, 0.29) is 0 Å². The maximum Gasteiger partial charge on any atom is 0.0979 e. The molecule has 2 nitrogen and oxygen atoms in total. The van der Waals surface area contributed by atoms with Crippen molar-refractivity contribution in [3.63, 3.8) is 0 Å². The third kappa shape index (κ3) is 3.75. The Kier molecular flexibility index (Phi) is 5.04. The topological polar surface area (TPSA) is 25.8 Å². The van der Waals surface area contributed by atoms with Crippen molar-refractivity contribution in [2.24, 2.45) is 0 Å². The van der Waals surface area contributed by atoms with Crippen LogP contribution in [0.5, 0.6) is 0 Å². The first-order valence-electron chi connectivity index (χ1n) is 12.6. The van der Waals surface area contributed by atoms with Crippen molar-refractivity contribution < 1.29 is 0 Å². The van der Waals surface area contributed by atoms with Gasteiger partial charge in [0.2, 0.25) is 0 Å². The summed E-state index contributed by atoms with van der Waals surface area (Å²) in [7, 11) is 0. The zero-order chi connectivity index (χ0) is 24.8. The van der Waals surface area contributed by atoms with Gasteiger partial charge in [0, 0.05) is 16.3 Å². The van der Waals surface area contributed by atoms with Gasteiger partial charge in [-0.2, -0.15) is 0 Å². The van der Waals surface area contributed by atoms with Crippen LogP contribution in [0.15, 0.2) is 128 Å². The molecule has 6 aromatic carbocycles. The second-order valence-electron chi connectivity index (χ2n) is 9.57. The van der Waals surface area contributed by atoms with E-state index in [9.17, 15) is 0 Å². The third-order valence-corrected chi connectivity index (χ3v) is 7.17. The molecule has 0 amide bonds. The van der Waals surface area contributed by atoms with Gasteiger partial charge >= 0.3 is 0 Å². The number of hydrogen-bond acceptors (Lipinski definition) is 2. The highest BCUT2D eigenvalue weighted by Gasteiger charge is 2.12. The molecule has 0 radical (unpaired) electrons. The maximum absolute atomic E-state index is 5.17. The van der Waals surface area contributed by atoms with E-state index in [1.54, 1.807) is 0 Å². The molecule has 174 valence electrons. The van der Waals surface area contributed by atoms with E-state index in [0.717, 1.165) is 38.6 Å². The molecule has 0 spiro atoms. The Morgan fingerprint density at radius 3 is 1.59 bits per heavy atom. The minimum Gasteiger partial charge on any atom is -0.252 e. The lowest BCUT2D eigenvalue weighted by Gasteiger charge is -2.11. The highest BCUT2D eigenvalue weighted by molar-refractivity contribution is 6.23. The first-order chi connectivity index (χ1) is 18.2. The Hall–Kier alpha value is -4.82. The Morgan fingerprint density at radius 2 is 0.946 bits per heavy atom. The second-order valence-corrected chi connectivity index (χ2v) is 9.57. The minimum absolute atomic E-state index is 0.879. The van der Waals surface area contributed by atoms with E-state index in [0.29, 0.717) is 0 Å². The molecule has 1 heterocycles. The fourth-order valence-corrected chi connectivity index (χ4v) is 5.24. The molecule has 0 aliphatic rings. The summed E-state index contributed by atoms with van der Waals surface area (Å²) in [6.45, 7) is 2.12. The number of fused-ring (bicyclic) bond motifs is 6. The monoisotopic (exact) mass is 472 g/mol. The lowest BCUT2D eigenvalue weighted by Crippen LogP contribution is -1.92. The van der Waals surface area contributed by atoms with Crippen LogP contribution in [0, 0.1) is 6.92 Å². The number of benzene rings is 6. The smallest absolute Gasteiger partial charge is 0.0979 e. The second kappa shape index (κ2) is 8.69. The molecule has 0 aliphatic carbocycles. The standard InChI is InChI=1S/C35H24N2/c1-23-16-18-24(19-17-23)25-8-6-9-26(20-25)27-10-7-11-28(21-27)33-22-36-34-31-14-4-2-12-29(31)30-13-3-5-15-32(30)35(34)37-33/h2-22H,1H3. The van der Waals surface area contributed by atoms with Crippen LogP contribution in [0.25, 0.3) is 66.1 Å². The highest BCUT2D eigenvalue weighted by Crippen LogP contribution is 2.35. The van der Waals surface area contributed by atoms with E-state index in [1.165, 1.54) is 33.0 Å². The maximum atomic E-state index is 5.17. The molecule has 0 N–H and O–H groups in total. The van der Waals surface area contributed by atoms with E-state index < -0.39 is 0 Å². The van der Waals surface area contributed by atoms with Gasteiger partial charge < -0.3 is 0 Å². The first kappa shape index (κ1) is 21.5. The summed E-state index contributed by atoms with van der Waals surface area (Å²) < 4.78 is 0. The molecular formula is C35H24N2. The Bertz CT molecular complexity index is 1900. The van der Waals surface area contributed by atoms with E-state index in [4.69, 9.17) is 9.97 Å². The van der Waals surface area contributed by atoms with Gasteiger partial charge in [0.15, 0.2) is 0 Å². The van der Waals surface area contributed by atoms with Crippen LogP contribution in [0.1, 0.15) is 5.56 Å². The molecule has 0 fully saturated rings. The quantitative estimate of drug-likeness (QED) is 0.240. The van der Waals surface area contributed by atoms with Gasteiger partial charge in [-0.05, 0) is 52.1 Å². The number of hydrogen-bond donors (Lipinski definition) is 0. The number of aromatic nitrogens is 2. The van der Waals surface area contributed by atoms with Crippen LogP contribution in [0.4, 0.5) is 0 Å². The van der Waals surface area contributed by atoms with Crippen molar-refractivity contribution in [2.75, 3.05) is 0 Å². The minimum atomic E-state index is 0.879. The molecule has 0 saturated heterocycles. The normalized spacial score (nSPS) is 11.4. The van der Waals surface area contributed by atoms with E-state index in [2.05, 4.69) is 128 Å². The zero-order valence-corrected chi connectivity index (χ0v) is 20.5. The van der Waals surface area contributed by atoms with Crippen LogP contribution in [-0.2, 0) is 0 Å². The van der Waals surface area contributed by atoms with Gasteiger partial charge in [-0.25, -0.2) is 4.98 Å². The van der Waals surface area contributed by atoms with Gasteiger partial charge in [-0.1, -0.05) is 115 Å². The van der Waals surface area contributed by atoms with Crippen LogP contribution >= 0.6 is 0 Å². The molecule has 0 unspecified atom stereocenters. The van der Waals surface area contributed by atoms with E-state index >= 15 is 0 Å². The van der Waals surface area contributed by atoms with Crippen molar-refractivity contribution in [1.82, 2.24) is 9.97 Å². The Balaban J connectivity index is 1.36. The predicted molar refractivity (Wildman–Crippen MR) is 156 cm³/mol. The third-order valence-electron chi connectivity index (χ3n) is 7.17. The largest absolute Gasteiger partial charge is 0.252 e. The average molecular weight is 473 g/mol. The number of rotatable bonds is 3. The summed E-state index contributed by atoms with van der Waals surface area (Å²) in [5.74, 6) is 0. The van der Waals surface area contributed by atoms with E-state index in [1.807, 2.05) is 6.20 Å². The molecular weight excluding hydrogens is 448 g/mol. The van der Waals surface area contributed by atoms with Crippen LogP contribution in [0.3, 0.4) is 0 Å². The highest BCUT2D eigenvalue weighted by atomic mass is 14.8. The summed E-state index contributed by atoms with van der Waals surface area (Å²) in [4.78, 5) is 10.1. The first-order valence-corrected chi connectivity index (χ1v) is 12.6. The molecule has 2 heteroatoms. The molecule has 0 bridgehead atoms. The summed E-state index contributed by atoms with van der Waals surface area (Å²) >= 11 is 0. The molecule has 7 aromatic rings. The van der Waals surface area contributed by atoms with Gasteiger partial charge in [0.1, 0.15) is 0 Å². The van der Waals surface area contributed by atoms with Crippen LogP contribution in [0.2, 0.25) is 0 Å². The van der Waals surface area contributed by atoms with Gasteiger partial charge in [0.05, 0.1) is 22.9 Å². The SMILES string of the molecule is Cc1ccc(-c2cccc(-c3cccc(-c4cnc5c6ccccc6c6ccccc6c5n4)c3)c2)cc1. The summed E-state index contributed by atoms with van der Waals surface area (Å²) in [5.41, 5.74) is 9.88. The van der Waals surface area contributed by atoms with Crippen molar-refractivity contribution >= 4 is 32.6 Å². The van der Waals surface area contributed by atoms with Gasteiger partial charge in [-0.3, -0.25) is 4.98 Å². The lowest BCUT2D eigenvalue weighted by molar-refractivity contribution is 1.31. The van der Waals surface area contributed by atoms with Crippen molar-refractivity contribution in [3.8, 4) is 33.5 Å². The number of nitrogens with zero attached hydrogens (tertiary/aromatic N) is 2. The van der Waals surface area contributed by atoms with Crippen LogP contribution in [-0.4, -0.2) is 9.97 Å². The summed E-state index contributed by atoms with van der Waals surface area (Å²) in [6.07, 6.45) is 1.91. The Morgan fingerprint density at radius 1 is 0.432 bits per heavy atom. The van der Waals surface area contributed by atoms with Crippen LogP contribution < -0.4 is 0 Å². The van der Waals surface area contributed by atoms with Gasteiger partial charge in [0.25, 0.3) is 0 Å². The summed E-state index contributed by atoms with van der Waals surface area (Å²) in [6, 6.07) is 43.0. The number of aryl methyl sites for hydroxylation is 1. The molecule has 1 aromatic heterocycles. The fourth-order valence-electron chi connectivity index (χ4n) is 5.24. The molecule has 0 aliphatic heterocycles. The van der Waals surface area contributed by atoms with Crippen molar-refractivity contribution in [2.45, 2.75) is 6.92 Å². The Labute approximate surface area is 215 Å². The molecule has 0 atom stereocenters. The summed E-state index contributed by atoms with van der Waals surface area (Å²) in [5, 5.41) is 4.69. The molecule has 7 rings (SSSR count).